The van der Waals surface area contributed by atoms with E-state index in [4.69, 9.17) is 0 Å². The van der Waals surface area contributed by atoms with Crippen LogP contribution in [0, 0.1) is 16.2 Å². The van der Waals surface area contributed by atoms with Gasteiger partial charge in [0.1, 0.15) is 0 Å². The van der Waals surface area contributed by atoms with E-state index in [9.17, 15) is 10.1 Å². The molecule has 0 N–H and O–H groups in total. The van der Waals surface area contributed by atoms with Crippen LogP contribution >= 0.6 is 0 Å². The van der Waals surface area contributed by atoms with Gasteiger partial charge >= 0.3 is 58.2 Å². The van der Waals surface area contributed by atoms with Crippen molar-refractivity contribution in [2.45, 2.75) is 19.4 Å². The molecule has 0 amide bonds. The van der Waals surface area contributed by atoms with E-state index in [2.05, 4.69) is 11.0 Å². The molecule has 4 nitrogen and oxygen atoms in total. The molecule has 2 rings (SSSR count). The molecule has 80 valence electrons. The zero-order valence-corrected chi connectivity index (χ0v) is 14.4. The van der Waals surface area contributed by atoms with Crippen LogP contribution in [0.25, 0.3) is 0 Å². The summed E-state index contributed by atoms with van der Waals surface area (Å²) in [5, 5.41) is 10.4. The van der Waals surface area contributed by atoms with E-state index in [1.54, 1.807) is 12.1 Å². The molecular formula is C11H13N2O2Rb. The standard InChI is InChI=1S/C11H13N2O2.Rb/c14-13(15)11-5-3-10(4-6-11)9-12-7-1-2-8-12;/h3,5-6H,1-2,7-9H2;/q-1;+1. The Bertz CT molecular complexity index is 348. The van der Waals surface area contributed by atoms with Crippen LogP contribution in [-0.2, 0) is 6.54 Å². The topological polar surface area (TPSA) is 46.4 Å². The van der Waals surface area contributed by atoms with Gasteiger partial charge in [0.25, 0.3) is 0 Å². The van der Waals surface area contributed by atoms with E-state index in [1.165, 1.54) is 18.9 Å². The minimum Gasteiger partial charge on any atom is -0.301 e. The summed E-state index contributed by atoms with van der Waals surface area (Å²) in [6.07, 6.45) is 2.51. The molecule has 1 aromatic rings. The van der Waals surface area contributed by atoms with Gasteiger partial charge in [0.15, 0.2) is 5.69 Å². The monoisotopic (exact) mass is 290 g/mol. The van der Waals surface area contributed by atoms with Crippen LogP contribution < -0.4 is 58.2 Å². The molecule has 1 aromatic carbocycles. The van der Waals surface area contributed by atoms with Gasteiger partial charge in [-0.3, -0.25) is 10.1 Å². The Kier molecular flexibility index (Phi) is 6.29. The molecular weight excluding hydrogens is 278 g/mol. The molecule has 0 radical (unpaired) electrons. The van der Waals surface area contributed by atoms with Crippen molar-refractivity contribution in [2.75, 3.05) is 13.1 Å². The molecule has 0 unspecified atom stereocenters. The third-order valence-electron chi connectivity index (χ3n) is 2.66. The molecule has 0 aliphatic carbocycles. The van der Waals surface area contributed by atoms with Crippen molar-refractivity contribution < 1.29 is 63.1 Å². The summed E-state index contributed by atoms with van der Waals surface area (Å²) >= 11 is 0. The maximum Gasteiger partial charge on any atom is 1.00 e. The van der Waals surface area contributed by atoms with Gasteiger partial charge in [0, 0.05) is 11.5 Å². The fourth-order valence-electron chi connectivity index (χ4n) is 1.84. The first kappa shape index (κ1) is 14.4. The zero-order chi connectivity index (χ0) is 10.7. The first-order chi connectivity index (χ1) is 7.25. The average molecular weight is 291 g/mol. The molecule has 0 bridgehead atoms. The Labute approximate surface area is 144 Å². The number of hydrogen-bond donors (Lipinski definition) is 0. The fourth-order valence-corrected chi connectivity index (χ4v) is 1.84. The van der Waals surface area contributed by atoms with Gasteiger partial charge in [0.05, 0.1) is 0 Å². The second-order valence-corrected chi connectivity index (χ2v) is 3.81. The van der Waals surface area contributed by atoms with Crippen molar-refractivity contribution >= 4 is 5.69 Å². The summed E-state index contributed by atoms with van der Waals surface area (Å²) in [5.74, 6) is 0. The van der Waals surface area contributed by atoms with Gasteiger partial charge in [-0.15, -0.1) is 11.6 Å². The normalized spacial score (nSPS) is 15.8. The van der Waals surface area contributed by atoms with E-state index >= 15 is 0 Å². The summed E-state index contributed by atoms with van der Waals surface area (Å²) in [7, 11) is 0. The van der Waals surface area contributed by atoms with Gasteiger partial charge < -0.3 is 4.90 Å². The summed E-state index contributed by atoms with van der Waals surface area (Å²) in [5.41, 5.74) is 1.14. The van der Waals surface area contributed by atoms with Crippen LogP contribution in [0.15, 0.2) is 18.2 Å². The Hall–Kier alpha value is 0.385. The van der Waals surface area contributed by atoms with Crippen molar-refractivity contribution in [2.24, 2.45) is 0 Å². The van der Waals surface area contributed by atoms with E-state index in [0.717, 1.165) is 25.2 Å². The Morgan fingerprint density at radius 1 is 1.38 bits per heavy atom. The number of nitro benzene ring substituents is 1. The zero-order valence-electron chi connectivity index (χ0n) is 9.48. The Morgan fingerprint density at radius 3 is 2.56 bits per heavy atom. The molecule has 0 aromatic heterocycles. The molecule has 5 heteroatoms. The first-order valence-electron chi connectivity index (χ1n) is 5.13. The molecule has 1 heterocycles. The summed E-state index contributed by atoms with van der Waals surface area (Å²) < 4.78 is 0. The minimum absolute atomic E-state index is 0. The smallest absolute Gasteiger partial charge is 0.301 e. The fraction of sp³-hybridized carbons (Fsp3) is 0.455. The maximum absolute atomic E-state index is 10.4. The van der Waals surface area contributed by atoms with Crippen molar-refractivity contribution in [3.63, 3.8) is 0 Å². The molecule has 1 aliphatic rings. The van der Waals surface area contributed by atoms with Gasteiger partial charge in [-0.2, -0.15) is 12.1 Å². The van der Waals surface area contributed by atoms with Crippen LogP contribution in [0.5, 0.6) is 0 Å². The van der Waals surface area contributed by atoms with Gasteiger partial charge in [0.2, 0.25) is 0 Å². The summed E-state index contributed by atoms with van der Waals surface area (Å²) in [6, 6.07) is 7.74. The SMILES string of the molecule is O=[N+]([O-])c1c[c-]c(CN2CCCC2)cc1.[Rb+]. The summed E-state index contributed by atoms with van der Waals surface area (Å²) in [4.78, 5) is 12.4. The molecule has 1 saturated heterocycles. The number of non-ortho nitro benzene ring substituents is 1. The third kappa shape index (κ3) is 4.00. The molecule has 0 spiro atoms. The second-order valence-electron chi connectivity index (χ2n) is 3.81. The minimum atomic E-state index is -0.393. The van der Waals surface area contributed by atoms with Crippen molar-refractivity contribution in [3.05, 3.63) is 39.9 Å². The van der Waals surface area contributed by atoms with Gasteiger partial charge in [-0.25, -0.2) is 0 Å². The quantitative estimate of drug-likeness (QED) is 0.407. The van der Waals surface area contributed by atoms with E-state index < -0.39 is 4.92 Å². The third-order valence-corrected chi connectivity index (χ3v) is 2.66. The molecule has 1 fully saturated rings. The Balaban J connectivity index is 0.00000128. The number of nitrogens with zero attached hydrogens (tertiary/aromatic N) is 2. The van der Waals surface area contributed by atoms with Gasteiger partial charge in [-0.1, -0.05) is 6.07 Å². The van der Waals surface area contributed by atoms with Crippen LogP contribution in [0.3, 0.4) is 0 Å². The molecule has 0 saturated carbocycles. The van der Waals surface area contributed by atoms with Crippen LogP contribution in [0.2, 0.25) is 0 Å². The van der Waals surface area contributed by atoms with Crippen molar-refractivity contribution in [3.8, 4) is 0 Å². The van der Waals surface area contributed by atoms with Gasteiger partial charge in [-0.05, 0) is 25.9 Å². The maximum atomic E-state index is 10.4. The van der Waals surface area contributed by atoms with Crippen LogP contribution in [0.1, 0.15) is 18.4 Å². The predicted molar refractivity (Wildman–Crippen MR) is 56.4 cm³/mol. The largest absolute Gasteiger partial charge is 1.00 e. The van der Waals surface area contributed by atoms with Crippen LogP contribution in [0.4, 0.5) is 5.69 Å². The second kappa shape index (κ2) is 6.96. The summed E-state index contributed by atoms with van der Waals surface area (Å²) in [6.45, 7) is 3.12. The number of rotatable bonds is 3. The van der Waals surface area contributed by atoms with Crippen LogP contribution in [-0.4, -0.2) is 22.9 Å². The molecule has 0 atom stereocenters. The first-order valence-corrected chi connectivity index (χ1v) is 5.13. The Morgan fingerprint density at radius 2 is 2.06 bits per heavy atom. The van der Waals surface area contributed by atoms with E-state index in [0.29, 0.717) is 0 Å². The van der Waals surface area contributed by atoms with E-state index in [1.807, 2.05) is 0 Å². The number of hydrogen-bond acceptors (Lipinski definition) is 3. The van der Waals surface area contributed by atoms with E-state index in [-0.39, 0.29) is 63.9 Å². The molecule has 16 heavy (non-hydrogen) atoms. The van der Waals surface area contributed by atoms with Crippen molar-refractivity contribution in [1.29, 1.82) is 0 Å². The number of benzene rings is 1. The number of nitro groups is 1. The number of likely N-dealkylation sites (tertiary alicyclic amines) is 1. The average Bonchev–Trinajstić information content (AvgIpc) is 2.71. The predicted octanol–water partition coefficient (Wildman–Crippen LogP) is -1.01. The molecule has 1 aliphatic heterocycles. The van der Waals surface area contributed by atoms with Crippen molar-refractivity contribution in [1.82, 2.24) is 4.90 Å².